The Balaban J connectivity index is 1.35. The maximum absolute atomic E-state index is 11.8. The third-order valence-electron chi connectivity index (χ3n) is 11.8. The molecule has 320 valence electrons. The van der Waals surface area contributed by atoms with Crippen LogP contribution < -0.4 is 14.8 Å². The Morgan fingerprint density at radius 3 is 2.50 bits per heavy atom. The first-order valence-electron chi connectivity index (χ1n) is 21.1. The highest BCUT2D eigenvalue weighted by Crippen LogP contribution is 2.63. The summed E-state index contributed by atoms with van der Waals surface area (Å²) in [6.45, 7) is 9.74. The molecule has 0 unspecified atom stereocenters. The highest BCUT2D eigenvalue weighted by atomic mass is 32.2. The number of oxime groups is 1. The number of non-ortho nitro benzene ring substituents is 1. The minimum absolute atomic E-state index is 0.00389. The molecule has 3 aromatic rings. The van der Waals surface area contributed by atoms with Crippen molar-refractivity contribution in [2.45, 2.75) is 80.3 Å². The smallest absolute Gasteiger partial charge is 0.269 e. The van der Waals surface area contributed by atoms with Crippen LogP contribution in [0.15, 0.2) is 101 Å². The SMILES string of the molecule is C=CCO[C@@]12Oc3ccc(OCCN4CC4)cc3[C@H]3[C@H](CCCCO)[C@@H](CCCCO)C=C(C(=NOCc4ccc([N+](=O)[O-])cc4)C[C@@H]1Sc1ccc(NC(C)=O)cc1)[C@H]32. The molecule has 0 spiro atoms. The zero-order valence-corrected chi connectivity index (χ0v) is 35.0. The predicted molar refractivity (Wildman–Crippen MR) is 231 cm³/mol. The van der Waals surface area contributed by atoms with Crippen LogP contribution in [0, 0.1) is 27.9 Å². The van der Waals surface area contributed by atoms with Crippen LogP contribution in [-0.2, 0) is 21.0 Å². The van der Waals surface area contributed by atoms with Crippen LogP contribution in [0.4, 0.5) is 11.4 Å². The van der Waals surface area contributed by atoms with E-state index in [9.17, 15) is 25.1 Å². The number of nitro benzene ring substituents is 1. The Morgan fingerprint density at radius 2 is 1.82 bits per heavy atom. The van der Waals surface area contributed by atoms with Crippen LogP contribution in [0.25, 0.3) is 0 Å². The number of nitro groups is 1. The highest BCUT2D eigenvalue weighted by Gasteiger charge is 2.64. The van der Waals surface area contributed by atoms with Gasteiger partial charge >= 0.3 is 0 Å². The minimum Gasteiger partial charge on any atom is -0.492 e. The first-order valence-corrected chi connectivity index (χ1v) is 21.9. The Morgan fingerprint density at radius 1 is 1.07 bits per heavy atom. The van der Waals surface area contributed by atoms with E-state index in [4.69, 9.17) is 24.2 Å². The standard InChI is InChI=1S/C46H56N4O9S/c1-3-25-57-46-43(60-37-17-12-34(13-18-37)47-31(2)53)29-41(48-58-30-32-10-14-35(15-11-32)50(54)55)39-27-33(8-4-6-23-51)38(9-5-7-24-52)44(45(39)46)40-28-36(16-19-42(40)59-46)56-26-22-49-20-21-49/h3,10-19,27-28,33,38,43-45,51-52H,1,4-9,20-26,29-30H2,2H3,(H,47,53)/t33-,38+,43-,44+,45+,46+/m0/s1. The number of allylic oxidation sites excluding steroid dienone is 1. The predicted octanol–water partition coefficient (Wildman–Crippen LogP) is 7.87. The summed E-state index contributed by atoms with van der Waals surface area (Å²) in [6, 6.07) is 20.1. The number of hydrogen-bond acceptors (Lipinski definition) is 12. The van der Waals surface area contributed by atoms with Gasteiger partial charge in [0.1, 0.15) is 24.7 Å². The van der Waals surface area contributed by atoms with Gasteiger partial charge in [-0.05, 0) is 103 Å². The fourth-order valence-corrected chi connectivity index (χ4v) is 10.3. The number of aliphatic hydroxyl groups excluding tert-OH is 2. The molecule has 1 saturated carbocycles. The van der Waals surface area contributed by atoms with E-state index in [0.717, 1.165) is 84.1 Å². The molecule has 0 radical (unpaired) electrons. The number of nitrogens with one attached hydrogen (secondary N) is 1. The molecule has 3 aromatic carbocycles. The number of hydrogen-bond donors (Lipinski definition) is 3. The van der Waals surface area contributed by atoms with Crippen LogP contribution in [0.5, 0.6) is 11.5 Å². The van der Waals surface area contributed by atoms with E-state index < -0.39 is 10.7 Å². The Bertz CT molecular complexity index is 2020. The number of benzene rings is 3. The molecule has 2 heterocycles. The average molecular weight is 841 g/mol. The van der Waals surface area contributed by atoms with Gasteiger partial charge in [-0.3, -0.25) is 19.8 Å². The summed E-state index contributed by atoms with van der Waals surface area (Å²) in [6.07, 6.45) is 9.30. The number of thioether (sulfide) groups is 1. The number of nitrogens with zero attached hydrogens (tertiary/aromatic N) is 3. The molecule has 60 heavy (non-hydrogen) atoms. The minimum atomic E-state index is -1.18. The zero-order chi connectivity index (χ0) is 42.1. The first-order chi connectivity index (χ1) is 29.2. The number of amides is 1. The van der Waals surface area contributed by atoms with Gasteiger partial charge in [0.25, 0.3) is 5.69 Å². The lowest BCUT2D eigenvalue weighted by Crippen LogP contribution is -2.64. The average Bonchev–Trinajstić information content (AvgIpc) is 4.07. The van der Waals surface area contributed by atoms with Gasteiger partial charge in [-0.2, -0.15) is 0 Å². The van der Waals surface area contributed by atoms with Gasteiger partial charge in [0, 0.05) is 80.4 Å². The second-order valence-electron chi connectivity index (χ2n) is 16.0. The van der Waals surface area contributed by atoms with Crippen molar-refractivity contribution >= 4 is 34.8 Å². The summed E-state index contributed by atoms with van der Waals surface area (Å²) >= 11 is 1.63. The van der Waals surface area contributed by atoms with E-state index >= 15 is 0 Å². The third kappa shape index (κ3) is 10.2. The number of anilines is 1. The van der Waals surface area contributed by atoms with Crippen molar-refractivity contribution in [1.82, 2.24) is 4.90 Å². The lowest BCUT2D eigenvalue weighted by Gasteiger charge is -2.58. The second-order valence-corrected chi connectivity index (χ2v) is 17.2. The van der Waals surface area contributed by atoms with E-state index in [2.05, 4.69) is 28.9 Å². The topological polar surface area (TPSA) is 165 Å². The first kappa shape index (κ1) is 43.4. The van der Waals surface area contributed by atoms with Crippen molar-refractivity contribution in [2.24, 2.45) is 22.9 Å². The number of ether oxygens (including phenoxy) is 3. The molecule has 1 saturated heterocycles. The van der Waals surface area contributed by atoms with Crippen molar-refractivity contribution < 1.29 is 39.0 Å². The third-order valence-corrected chi connectivity index (χ3v) is 13.2. The van der Waals surface area contributed by atoms with Crippen LogP contribution in [0.1, 0.15) is 68.9 Å². The summed E-state index contributed by atoms with van der Waals surface area (Å²) in [7, 11) is 0. The van der Waals surface area contributed by atoms with Crippen molar-refractivity contribution in [3.8, 4) is 11.5 Å². The zero-order valence-electron chi connectivity index (χ0n) is 34.2. The van der Waals surface area contributed by atoms with Gasteiger partial charge in [0.05, 0.1) is 28.4 Å². The van der Waals surface area contributed by atoms with Crippen molar-refractivity contribution in [1.29, 1.82) is 0 Å². The van der Waals surface area contributed by atoms with Gasteiger partial charge in [-0.15, -0.1) is 18.3 Å². The largest absolute Gasteiger partial charge is 0.492 e. The van der Waals surface area contributed by atoms with Crippen LogP contribution in [0.3, 0.4) is 0 Å². The van der Waals surface area contributed by atoms with E-state index in [-0.39, 0.29) is 66.9 Å². The van der Waals surface area contributed by atoms with E-state index in [1.807, 2.05) is 36.4 Å². The molecule has 2 aliphatic heterocycles. The van der Waals surface area contributed by atoms with Crippen LogP contribution >= 0.6 is 11.8 Å². The summed E-state index contributed by atoms with van der Waals surface area (Å²) in [5, 5.41) is 38.5. The number of unbranched alkanes of at least 4 members (excludes halogenated alkanes) is 2. The fourth-order valence-electron chi connectivity index (χ4n) is 8.98. The highest BCUT2D eigenvalue weighted by molar-refractivity contribution is 8.00. The molecular weight excluding hydrogens is 785 g/mol. The Kier molecular flexibility index (Phi) is 14.6. The fraction of sp³-hybridized carbons (Fsp3) is 0.478. The number of fused-ring (bicyclic) bond motifs is 2. The molecule has 2 fully saturated rings. The molecule has 2 aliphatic carbocycles. The maximum Gasteiger partial charge on any atom is 0.269 e. The Labute approximate surface area is 356 Å². The second kappa shape index (κ2) is 20.2. The molecule has 13 nitrogen and oxygen atoms in total. The summed E-state index contributed by atoms with van der Waals surface area (Å²) in [4.78, 5) is 32.1. The number of carbonyl (C=O) groups excluding carboxylic acids is 1. The Hall–Kier alpha value is -4.73. The van der Waals surface area contributed by atoms with Crippen molar-refractivity contribution in [3.05, 3.63) is 112 Å². The quantitative estimate of drug-likeness (QED) is 0.0297. The van der Waals surface area contributed by atoms with Crippen LogP contribution in [-0.4, -0.2) is 88.8 Å². The monoisotopic (exact) mass is 840 g/mol. The molecular formula is C46H56N4O9S. The molecule has 6 atom stereocenters. The van der Waals surface area contributed by atoms with E-state index in [1.54, 1.807) is 30.0 Å². The van der Waals surface area contributed by atoms with E-state index in [1.165, 1.54) is 19.1 Å². The molecule has 0 bridgehead atoms. The summed E-state index contributed by atoms with van der Waals surface area (Å²) in [5.74, 6) is 0.00712. The summed E-state index contributed by atoms with van der Waals surface area (Å²) < 4.78 is 20.7. The molecule has 1 amide bonds. The van der Waals surface area contributed by atoms with Gasteiger partial charge in [0.15, 0.2) is 0 Å². The van der Waals surface area contributed by atoms with Gasteiger partial charge in [0.2, 0.25) is 11.7 Å². The number of aliphatic hydroxyl groups is 2. The van der Waals surface area contributed by atoms with Crippen molar-refractivity contribution in [3.63, 3.8) is 0 Å². The molecule has 7 rings (SSSR count). The number of rotatable bonds is 22. The lowest BCUT2D eigenvalue weighted by molar-refractivity contribution is -0.384. The van der Waals surface area contributed by atoms with Crippen LogP contribution in [0.2, 0.25) is 0 Å². The van der Waals surface area contributed by atoms with Gasteiger partial charge in [-0.1, -0.05) is 30.1 Å². The van der Waals surface area contributed by atoms with Gasteiger partial charge < -0.3 is 34.6 Å². The maximum atomic E-state index is 11.8. The van der Waals surface area contributed by atoms with Crippen molar-refractivity contribution in [2.75, 3.05) is 51.4 Å². The lowest BCUT2D eigenvalue weighted by atomic mass is 9.56. The number of carbonyl (C=O) groups is 1. The van der Waals surface area contributed by atoms with Gasteiger partial charge in [-0.25, -0.2) is 0 Å². The molecule has 0 aromatic heterocycles. The normalized spacial score (nSPS) is 24.7. The molecule has 4 aliphatic rings. The molecule has 14 heteroatoms. The van der Waals surface area contributed by atoms with E-state index in [0.29, 0.717) is 31.6 Å². The molecule has 3 N–H and O–H groups in total. The summed E-state index contributed by atoms with van der Waals surface area (Å²) in [5.41, 5.74) is 4.26.